The van der Waals surface area contributed by atoms with Gasteiger partial charge in [-0.25, -0.2) is 5.01 Å². The number of thioether (sulfide) groups is 1. The molecule has 0 aliphatic carbocycles. The van der Waals surface area contributed by atoms with Crippen LogP contribution < -0.4 is 4.74 Å². The second kappa shape index (κ2) is 8.35. The molecule has 0 bridgehead atoms. The van der Waals surface area contributed by atoms with Crippen molar-refractivity contribution in [3.05, 3.63) is 84.3 Å². The van der Waals surface area contributed by atoms with E-state index in [1.165, 1.54) is 11.8 Å². The van der Waals surface area contributed by atoms with Crippen LogP contribution in [0.1, 0.15) is 23.8 Å². The van der Waals surface area contributed by atoms with Gasteiger partial charge in [0.15, 0.2) is 0 Å². The van der Waals surface area contributed by atoms with Gasteiger partial charge in [-0.15, -0.1) is 11.8 Å². The molecule has 4 rings (SSSR count). The van der Waals surface area contributed by atoms with Crippen molar-refractivity contribution >= 4 is 23.4 Å². The zero-order chi connectivity index (χ0) is 19.3. The third kappa shape index (κ3) is 3.97. The Kier molecular flexibility index (Phi) is 5.48. The molecule has 142 valence electrons. The lowest BCUT2D eigenvalue weighted by Crippen LogP contribution is -2.28. The van der Waals surface area contributed by atoms with Crippen molar-refractivity contribution in [2.75, 3.05) is 12.9 Å². The monoisotopic (exact) mass is 392 g/mol. The van der Waals surface area contributed by atoms with Gasteiger partial charge in [0.2, 0.25) is 0 Å². The molecule has 6 heteroatoms. The van der Waals surface area contributed by atoms with Crippen LogP contribution in [-0.4, -0.2) is 29.5 Å². The van der Waals surface area contributed by atoms with Crippen molar-refractivity contribution < 1.29 is 13.9 Å². The maximum atomic E-state index is 12.9. The van der Waals surface area contributed by atoms with Crippen LogP contribution in [0.25, 0.3) is 0 Å². The molecule has 0 saturated heterocycles. The molecule has 2 heterocycles. The highest BCUT2D eigenvalue weighted by molar-refractivity contribution is 8.00. The minimum absolute atomic E-state index is 0.0428. The van der Waals surface area contributed by atoms with Gasteiger partial charge in [0.05, 0.1) is 24.8 Å². The first-order chi connectivity index (χ1) is 13.7. The minimum Gasteiger partial charge on any atom is -0.497 e. The van der Waals surface area contributed by atoms with Crippen LogP contribution in [-0.2, 0) is 4.79 Å². The van der Waals surface area contributed by atoms with E-state index in [0.717, 1.165) is 27.7 Å². The second-order valence-electron chi connectivity index (χ2n) is 6.35. The van der Waals surface area contributed by atoms with Crippen LogP contribution in [0.5, 0.6) is 5.75 Å². The van der Waals surface area contributed by atoms with Crippen LogP contribution in [0.3, 0.4) is 0 Å². The average Bonchev–Trinajstić information content (AvgIpc) is 3.42. The standard InChI is InChI=1S/C22H20N2O3S/c1-26-17-11-9-16(10-12-17)19-14-20(21-8-5-13-27-21)24(23-19)22(25)15-28-18-6-3-2-4-7-18/h2-13,20H,14-15H2,1H3. The Hall–Kier alpha value is -2.99. The Morgan fingerprint density at radius 3 is 2.61 bits per heavy atom. The average molecular weight is 392 g/mol. The summed E-state index contributed by atoms with van der Waals surface area (Å²) in [6.07, 6.45) is 2.24. The van der Waals surface area contributed by atoms with Gasteiger partial charge in [-0.05, 0) is 54.1 Å². The van der Waals surface area contributed by atoms with Crippen molar-refractivity contribution in [2.24, 2.45) is 5.10 Å². The van der Waals surface area contributed by atoms with E-state index >= 15 is 0 Å². The molecule has 3 aromatic rings. The quantitative estimate of drug-likeness (QED) is 0.568. The molecule has 0 fully saturated rings. The molecule has 0 spiro atoms. The van der Waals surface area contributed by atoms with Crippen LogP contribution in [0.4, 0.5) is 0 Å². The number of amides is 1. The van der Waals surface area contributed by atoms with Crippen molar-refractivity contribution in [1.29, 1.82) is 0 Å². The summed E-state index contributed by atoms with van der Waals surface area (Å²) in [6.45, 7) is 0. The van der Waals surface area contributed by atoms with Gasteiger partial charge >= 0.3 is 0 Å². The highest BCUT2D eigenvalue weighted by Crippen LogP contribution is 2.34. The fourth-order valence-electron chi connectivity index (χ4n) is 3.13. The van der Waals surface area contributed by atoms with Gasteiger partial charge < -0.3 is 9.15 Å². The Labute approximate surface area is 168 Å². The number of carbonyl (C=O) groups excluding carboxylic acids is 1. The molecule has 2 aromatic carbocycles. The normalized spacial score (nSPS) is 16.1. The smallest absolute Gasteiger partial charge is 0.253 e. The molecular formula is C22H20N2O3S. The number of hydrogen-bond donors (Lipinski definition) is 0. The summed E-state index contributed by atoms with van der Waals surface area (Å²) in [5.41, 5.74) is 1.84. The van der Waals surface area contributed by atoms with E-state index in [0.29, 0.717) is 12.2 Å². The molecular weight excluding hydrogens is 372 g/mol. The Morgan fingerprint density at radius 2 is 1.93 bits per heavy atom. The largest absolute Gasteiger partial charge is 0.497 e. The number of hydrogen-bond acceptors (Lipinski definition) is 5. The fourth-order valence-corrected chi connectivity index (χ4v) is 3.90. The number of rotatable bonds is 6. The van der Waals surface area contributed by atoms with Gasteiger partial charge in [-0.3, -0.25) is 4.79 Å². The van der Waals surface area contributed by atoms with Gasteiger partial charge in [0, 0.05) is 11.3 Å². The van der Waals surface area contributed by atoms with Crippen molar-refractivity contribution in [3.63, 3.8) is 0 Å². The van der Waals surface area contributed by atoms with Gasteiger partial charge in [0.25, 0.3) is 5.91 Å². The summed E-state index contributed by atoms with van der Waals surface area (Å²) in [4.78, 5) is 14.0. The molecule has 1 aliphatic heterocycles. The van der Waals surface area contributed by atoms with E-state index in [1.54, 1.807) is 18.4 Å². The highest BCUT2D eigenvalue weighted by Gasteiger charge is 2.34. The lowest BCUT2D eigenvalue weighted by molar-refractivity contribution is -0.130. The Balaban J connectivity index is 1.55. The molecule has 1 amide bonds. The molecule has 1 atom stereocenters. The summed E-state index contributed by atoms with van der Waals surface area (Å²) in [5, 5.41) is 6.21. The van der Waals surface area contributed by atoms with E-state index in [4.69, 9.17) is 9.15 Å². The van der Waals surface area contributed by atoms with E-state index in [1.807, 2.05) is 66.7 Å². The van der Waals surface area contributed by atoms with E-state index in [-0.39, 0.29) is 11.9 Å². The predicted molar refractivity (Wildman–Crippen MR) is 110 cm³/mol. The van der Waals surface area contributed by atoms with E-state index in [2.05, 4.69) is 5.10 Å². The first-order valence-electron chi connectivity index (χ1n) is 9.00. The first-order valence-corrected chi connectivity index (χ1v) is 9.98. The number of nitrogens with zero attached hydrogens (tertiary/aromatic N) is 2. The number of hydrazone groups is 1. The van der Waals surface area contributed by atoms with Crippen LogP contribution in [0, 0.1) is 0 Å². The third-order valence-corrected chi connectivity index (χ3v) is 5.56. The first kappa shape index (κ1) is 18.4. The second-order valence-corrected chi connectivity index (χ2v) is 7.40. The van der Waals surface area contributed by atoms with E-state index in [9.17, 15) is 4.79 Å². The number of methoxy groups -OCH3 is 1. The molecule has 0 N–H and O–H groups in total. The lowest BCUT2D eigenvalue weighted by atomic mass is 10.0. The van der Waals surface area contributed by atoms with E-state index < -0.39 is 0 Å². The predicted octanol–water partition coefficient (Wildman–Crippen LogP) is 4.76. The molecule has 0 saturated carbocycles. The van der Waals surface area contributed by atoms with Crippen molar-refractivity contribution in [1.82, 2.24) is 5.01 Å². The van der Waals surface area contributed by atoms with Crippen LogP contribution >= 0.6 is 11.8 Å². The maximum Gasteiger partial charge on any atom is 0.253 e. The molecule has 5 nitrogen and oxygen atoms in total. The summed E-state index contributed by atoms with van der Waals surface area (Å²) in [7, 11) is 1.64. The molecule has 1 aromatic heterocycles. The number of ether oxygens (including phenoxy) is 1. The summed E-state index contributed by atoms with van der Waals surface area (Å²) < 4.78 is 10.8. The zero-order valence-electron chi connectivity index (χ0n) is 15.4. The highest BCUT2D eigenvalue weighted by atomic mass is 32.2. The molecule has 1 unspecified atom stereocenters. The number of benzene rings is 2. The fraction of sp³-hybridized carbons (Fsp3) is 0.182. The molecule has 0 radical (unpaired) electrons. The topological polar surface area (TPSA) is 55.0 Å². The zero-order valence-corrected chi connectivity index (χ0v) is 16.3. The van der Waals surface area contributed by atoms with Crippen LogP contribution in [0.15, 0.2) is 87.4 Å². The Morgan fingerprint density at radius 1 is 1.14 bits per heavy atom. The van der Waals surface area contributed by atoms with Crippen molar-refractivity contribution in [3.8, 4) is 5.75 Å². The summed E-state index contributed by atoms with van der Waals surface area (Å²) in [5.74, 6) is 1.81. The SMILES string of the molecule is COc1ccc(C2=NN(C(=O)CSc3ccccc3)C(c3ccco3)C2)cc1. The summed E-state index contributed by atoms with van der Waals surface area (Å²) in [6, 6.07) is 21.1. The Bertz CT molecular complexity index is 953. The third-order valence-electron chi connectivity index (χ3n) is 4.57. The van der Waals surface area contributed by atoms with Gasteiger partial charge in [0.1, 0.15) is 17.6 Å². The minimum atomic E-state index is -0.226. The van der Waals surface area contributed by atoms with Gasteiger partial charge in [-0.2, -0.15) is 5.10 Å². The lowest BCUT2D eigenvalue weighted by Gasteiger charge is -2.19. The number of furan rings is 1. The van der Waals surface area contributed by atoms with Gasteiger partial charge in [-0.1, -0.05) is 18.2 Å². The van der Waals surface area contributed by atoms with Crippen LogP contribution in [0.2, 0.25) is 0 Å². The maximum absolute atomic E-state index is 12.9. The molecule has 28 heavy (non-hydrogen) atoms. The van der Waals surface area contributed by atoms with Crippen molar-refractivity contribution in [2.45, 2.75) is 17.4 Å². The summed E-state index contributed by atoms with van der Waals surface area (Å²) >= 11 is 1.51. The molecule has 1 aliphatic rings. The number of carbonyl (C=O) groups is 1.